The van der Waals surface area contributed by atoms with Gasteiger partial charge in [0, 0.05) is 24.8 Å². The van der Waals surface area contributed by atoms with E-state index in [0.29, 0.717) is 6.04 Å². The minimum Gasteiger partial charge on any atom is -0.372 e. The molecule has 2 aromatic carbocycles. The van der Waals surface area contributed by atoms with Crippen molar-refractivity contribution in [2.75, 3.05) is 24.5 Å². The summed E-state index contributed by atoms with van der Waals surface area (Å²) in [6.07, 6.45) is 1.11. The zero-order valence-corrected chi connectivity index (χ0v) is 13.1. The van der Waals surface area contributed by atoms with E-state index in [4.69, 9.17) is 0 Å². The molecular formula is C19H26N2. The van der Waals surface area contributed by atoms with Crippen LogP contribution in [0.2, 0.25) is 0 Å². The highest BCUT2D eigenvalue weighted by Crippen LogP contribution is 2.19. The molecule has 2 rings (SSSR count). The van der Waals surface area contributed by atoms with E-state index in [1.807, 2.05) is 0 Å². The second-order valence-electron chi connectivity index (χ2n) is 5.22. The van der Waals surface area contributed by atoms with Gasteiger partial charge in [0.25, 0.3) is 0 Å². The maximum Gasteiger partial charge on any atom is 0.0366 e. The Balaban J connectivity index is 2.01. The highest BCUT2D eigenvalue weighted by molar-refractivity contribution is 5.45. The number of para-hydroxylation sites is 1. The lowest BCUT2D eigenvalue weighted by atomic mass is 10.0. The van der Waals surface area contributed by atoms with Crippen LogP contribution >= 0.6 is 0 Å². The molecule has 0 aromatic heterocycles. The Morgan fingerprint density at radius 3 is 2.10 bits per heavy atom. The van der Waals surface area contributed by atoms with Crippen LogP contribution in [0, 0.1) is 0 Å². The van der Waals surface area contributed by atoms with Crippen molar-refractivity contribution < 1.29 is 0 Å². The van der Waals surface area contributed by atoms with Crippen LogP contribution in [0.1, 0.15) is 31.9 Å². The third-order valence-corrected chi connectivity index (χ3v) is 3.84. The standard InChI is InChI=1S/C19H26N2/c1-3-20-19(17-11-7-5-8-12-17)15-16-21(4-2)18-13-9-6-10-14-18/h5-14,19-20H,3-4,15-16H2,1-2H3. The summed E-state index contributed by atoms with van der Waals surface area (Å²) in [6.45, 7) is 7.49. The van der Waals surface area contributed by atoms with E-state index < -0.39 is 0 Å². The summed E-state index contributed by atoms with van der Waals surface area (Å²) in [5, 5.41) is 3.60. The monoisotopic (exact) mass is 282 g/mol. The Morgan fingerprint density at radius 2 is 1.52 bits per heavy atom. The van der Waals surface area contributed by atoms with Crippen molar-refractivity contribution >= 4 is 5.69 Å². The number of nitrogens with one attached hydrogen (secondary N) is 1. The summed E-state index contributed by atoms with van der Waals surface area (Å²) >= 11 is 0. The number of nitrogens with zero attached hydrogens (tertiary/aromatic N) is 1. The van der Waals surface area contributed by atoms with E-state index in [-0.39, 0.29) is 0 Å². The molecule has 0 aliphatic heterocycles. The van der Waals surface area contributed by atoms with Crippen molar-refractivity contribution in [1.29, 1.82) is 0 Å². The Hall–Kier alpha value is -1.80. The predicted octanol–water partition coefficient (Wildman–Crippen LogP) is 4.25. The van der Waals surface area contributed by atoms with Gasteiger partial charge in [-0.15, -0.1) is 0 Å². The highest BCUT2D eigenvalue weighted by Gasteiger charge is 2.12. The van der Waals surface area contributed by atoms with E-state index in [9.17, 15) is 0 Å². The number of hydrogen-bond donors (Lipinski definition) is 1. The maximum atomic E-state index is 3.60. The molecule has 2 nitrogen and oxygen atoms in total. The first-order chi connectivity index (χ1) is 10.3. The Kier molecular flexibility index (Phi) is 6.29. The predicted molar refractivity (Wildman–Crippen MR) is 91.8 cm³/mol. The van der Waals surface area contributed by atoms with Crippen LogP contribution in [0.4, 0.5) is 5.69 Å². The lowest BCUT2D eigenvalue weighted by Gasteiger charge is -2.26. The second-order valence-corrected chi connectivity index (χ2v) is 5.22. The Morgan fingerprint density at radius 1 is 0.905 bits per heavy atom. The summed E-state index contributed by atoms with van der Waals surface area (Å²) in [4.78, 5) is 2.44. The van der Waals surface area contributed by atoms with E-state index >= 15 is 0 Å². The molecule has 0 fully saturated rings. The van der Waals surface area contributed by atoms with Gasteiger partial charge in [-0.3, -0.25) is 0 Å². The van der Waals surface area contributed by atoms with Gasteiger partial charge in [-0.1, -0.05) is 55.5 Å². The molecular weight excluding hydrogens is 256 g/mol. The van der Waals surface area contributed by atoms with Gasteiger partial charge in [0.05, 0.1) is 0 Å². The topological polar surface area (TPSA) is 15.3 Å². The van der Waals surface area contributed by atoms with Crippen molar-refractivity contribution in [3.8, 4) is 0 Å². The number of benzene rings is 2. The molecule has 0 bridgehead atoms. The zero-order valence-electron chi connectivity index (χ0n) is 13.1. The van der Waals surface area contributed by atoms with Crippen molar-refractivity contribution in [2.45, 2.75) is 26.3 Å². The average Bonchev–Trinajstić information content (AvgIpc) is 2.56. The van der Waals surface area contributed by atoms with Gasteiger partial charge in [0.2, 0.25) is 0 Å². The molecule has 1 unspecified atom stereocenters. The lowest BCUT2D eigenvalue weighted by molar-refractivity contribution is 0.512. The highest BCUT2D eigenvalue weighted by atomic mass is 15.1. The van der Waals surface area contributed by atoms with Crippen LogP contribution in [0.3, 0.4) is 0 Å². The molecule has 1 atom stereocenters. The van der Waals surface area contributed by atoms with Crippen LogP contribution < -0.4 is 10.2 Å². The van der Waals surface area contributed by atoms with Crippen LogP contribution in [-0.2, 0) is 0 Å². The summed E-state index contributed by atoms with van der Waals surface area (Å²) in [6, 6.07) is 21.8. The molecule has 112 valence electrons. The smallest absolute Gasteiger partial charge is 0.0366 e. The minimum absolute atomic E-state index is 0.425. The van der Waals surface area contributed by atoms with Gasteiger partial charge in [0.15, 0.2) is 0 Å². The van der Waals surface area contributed by atoms with Crippen LogP contribution in [0.5, 0.6) is 0 Å². The molecule has 2 aromatic rings. The molecule has 2 heteroatoms. The summed E-state index contributed by atoms with van der Waals surface area (Å²) in [7, 11) is 0. The molecule has 21 heavy (non-hydrogen) atoms. The van der Waals surface area contributed by atoms with Crippen LogP contribution in [-0.4, -0.2) is 19.6 Å². The van der Waals surface area contributed by atoms with Crippen molar-refractivity contribution in [1.82, 2.24) is 5.32 Å². The second kappa shape index (κ2) is 8.48. The van der Waals surface area contributed by atoms with Crippen LogP contribution in [0.15, 0.2) is 60.7 Å². The quantitative estimate of drug-likeness (QED) is 0.778. The number of hydrogen-bond acceptors (Lipinski definition) is 2. The third kappa shape index (κ3) is 4.61. The van der Waals surface area contributed by atoms with Gasteiger partial charge in [-0.25, -0.2) is 0 Å². The normalized spacial score (nSPS) is 12.1. The molecule has 0 amide bonds. The average molecular weight is 282 g/mol. The fourth-order valence-corrected chi connectivity index (χ4v) is 2.71. The largest absolute Gasteiger partial charge is 0.372 e. The molecule has 0 saturated carbocycles. The van der Waals surface area contributed by atoms with Crippen molar-refractivity contribution in [2.24, 2.45) is 0 Å². The van der Waals surface area contributed by atoms with Gasteiger partial charge >= 0.3 is 0 Å². The molecule has 0 saturated heterocycles. The van der Waals surface area contributed by atoms with Gasteiger partial charge in [-0.2, -0.15) is 0 Å². The van der Waals surface area contributed by atoms with Crippen molar-refractivity contribution in [3.63, 3.8) is 0 Å². The van der Waals surface area contributed by atoms with E-state index in [1.54, 1.807) is 0 Å². The first kappa shape index (κ1) is 15.6. The Labute approximate surface area is 128 Å². The van der Waals surface area contributed by atoms with Gasteiger partial charge in [-0.05, 0) is 37.6 Å². The van der Waals surface area contributed by atoms with E-state index in [0.717, 1.165) is 26.1 Å². The zero-order chi connectivity index (χ0) is 14.9. The number of rotatable bonds is 8. The minimum atomic E-state index is 0.425. The molecule has 0 spiro atoms. The maximum absolute atomic E-state index is 3.60. The molecule has 1 N–H and O–H groups in total. The molecule has 0 aliphatic rings. The number of anilines is 1. The van der Waals surface area contributed by atoms with E-state index in [1.165, 1.54) is 11.3 Å². The third-order valence-electron chi connectivity index (χ3n) is 3.84. The summed E-state index contributed by atoms with van der Waals surface area (Å²) in [5.74, 6) is 0. The molecule has 0 heterocycles. The molecule has 0 radical (unpaired) electrons. The Bertz CT molecular complexity index is 495. The summed E-state index contributed by atoms with van der Waals surface area (Å²) < 4.78 is 0. The van der Waals surface area contributed by atoms with Gasteiger partial charge < -0.3 is 10.2 Å². The van der Waals surface area contributed by atoms with E-state index in [2.05, 4.69) is 84.7 Å². The van der Waals surface area contributed by atoms with Crippen LogP contribution in [0.25, 0.3) is 0 Å². The van der Waals surface area contributed by atoms with Gasteiger partial charge in [0.1, 0.15) is 0 Å². The fourth-order valence-electron chi connectivity index (χ4n) is 2.71. The first-order valence-electron chi connectivity index (χ1n) is 7.93. The first-order valence-corrected chi connectivity index (χ1v) is 7.93. The lowest BCUT2D eigenvalue weighted by Crippen LogP contribution is -2.29. The fraction of sp³-hybridized carbons (Fsp3) is 0.368. The SMILES string of the molecule is CCNC(CCN(CC)c1ccccc1)c1ccccc1. The van der Waals surface area contributed by atoms with Crippen molar-refractivity contribution in [3.05, 3.63) is 66.2 Å². The molecule has 0 aliphatic carbocycles. The summed E-state index contributed by atoms with van der Waals surface area (Å²) in [5.41, 5.74) is 2.69.